The lowest BCUT2D eigenvalue weighted by atomic mass is 10.1. The Morgan fingerprint density at radius 2 is 2.00 bits per heavy atom. The summed E-state index contributed by atoms with van der Waals surface area (Å²) in [6.45, 7) is 0. The van der Waals surface area contributed by atoms with E-state index in [2.05, 4.69) is 33.2 Å². The first-order valence-corrected chi connectivity index (χ1v) is 6.82. The van der Waals surface area contributed by atoms with Crippen molar-refractivity contribution < 1.29 is 4.79 Å². The van der Waals surface area contributed by atoms with Crippen LogP contribution in [0.15, 0.2) is 42.5 Å². The van der Waals surface area contributed by atoms with Crippen LogP contribution in [0.1, 0.15) is 10.4 Å². The van der Waals surface area contributed by atoms with Crippen molar-refractivity contribution in [3.8, 4) is 0 Å². The fraction of sp³-hybridized carbons (Fsp3) is 0.0714. The molecule has 0 aromatic heterocycles. The van der Waals surface area contributed by atoms with E-state index < -0.39 is 0 Å². The molecule has 0 bridgehead atoms. The molecule has 0 radical (unpaired) electrons. The Balaban J connectivity index is 2.24. The van der Waals surface area contributed by atoms with Crippen LogP contribution < -0.4 is 16.4 Å². The van der Waals surface area contributed by atoms with Gasteiger partial charge in [0.1, 0.15) is 0 Å². The van der Waals surface area contributed by atoms with Crippen LogP contribution in [0.2, 0.25) is 0 Å². The third-order valence-electron chi connectivity index (χ3n) is 2.64. The van der Waals surface area contributed by atoms with Gasteiger partial charge >= 0.3 is 0 Å². The second-order valence-corrected chi connectivity index (χ2v) is 5.26. The van der Waals surface area contributed by atoms with Gasteiger partial charge in [0.15, 0.2) is 0 Å². The number of halogens is 1. The quantitative estimate of drug-likeness (QED) is 0.577. The Kier molecular flexibility index (Phi) is 4.26. The lowest BCUT2D eigenvalue weighted by Gasteiger charge is -2.11. The monoisotopic (exact) mass is 367 g/mol. The highest BCUT2D eigenvalue weighted by Crippen LogP contribution is 2.25. The molecule has 0 aliphatic rings. The average Bonchev–Trinajstić information content (AvgIpc) is 2.40. The molecule has 98 valence electrons. The molecule has 2 aromatic carbocycles. The Morgan fingerprint density at radius 1 is 1.21 bits per heavy atom. The predicted octanol–water partition coefficient (Wildman–Crippen LogP) is 2.98. The summed E-state index contributed by atoms with van der Waals surface area (Å²) in [5.41, 5.74) is 8.80. The van der Waals surface area contributed by atoms with Crippen LogP contribution in [0.5, 0.6) is 0 Å². The van der Waals surface area contributed by atoms with E-state index in [1.54, 1.807) is 25.2 Å². The SMILES string of the molecule is CNC(=O)c1ccc(Nc2cccc(I)c2)c(N)c1. The molecule has 2 aromatic rings. The van der Waals surface area contributed by atoms with Gasteiger partial charge in [0.2, 0.25) is 0 Å². The van der Waals surface area contributed by atoms with Crippen LogP contribution in [0.3, 0.4) is 0 Å². The zero-order valence-electron chi connectivity index (χ0n) is 10.4. The minimum Gasteiger partial charge on any atom is -0.397 e. The summed E-state index contributed by atoms with van der Waals surface area (Å²) in [6, 6.07) is 13.2. The van der Waals surface area contributed by atoms with Gasteiger partial charge in [0.25, 0.3) is 5.91 Å². The number of rotatable bonds is 3. The van der Waals surface area contributed by atoms with Crippen molar-refractivity contribution in [3.63, 3.8) is 0 Å². The van der Waals surface area contributed by atoms with Gasteiger partial charge in [0.05, 0.1) is 11.4 Å². The first-order valence-electron chi connectivity index (χ1n) is 5.74. The molecule has 5 heteroatoms. The van der Waals surface area contributed by atoms with Crippen molar-refractivity contribution in [2.24, 2.45) is 0 Å². The minimum absolute atomic E-state index is 0.146. The van der Waals surface area contributed by atoms with E-state index >= 15 is 0 Å². The Hall–Kier alpha value is -1.76. The van der Waals surface area contributed by atoms with Gasteiger partial charge in [-0.15, -0.1) is 0 Å². The van der Waals surface area contributed by atoms with Crippen molar-refractivity contribution in [2.75, 3.05) is 18.1 Å². The third kappa shape index (κ3) is 3.37. The highest BCUT2D eigenvalue weighted by atomic mass is 127. The van der Waals surface area contributed by atoms with Gasteiger partial charge < -0.3 is 16.4 Å². The van der Waals surface area contributed by atoms with Crippen LogP contribution >= 0.6 is 22.6 Å². The number of hydrogen-bond donors (Lipinski definition) is 3. The molecule has 0 spiro atoms. The normalized spacial score (nSPS) is 10.0. The maximum atomic E-state index is 11.5. The van der Waals surface area contributed by atoms with Gasteiger partial charge in [-0.05, 0) is 59.0 Å². The van der Waals surface area contributed by atoms with Crippen molar-refractivity contribution in [1.82, 2.24) is 5.32 Å². The van der Waals surface area contributed by atoms with Crippen LogP contribution in [0.25, 0.3) is 0 Å². The second kappa shape index (κ2) is 5.92. The molecular formula is C14H14IN3O. The fourth-order valence-electron chi connectivity index (χ4n) is 1.68. The second-order valence-electron chi connectivity index (χ2n) is 4.02. The molecule has 2 rings (SSSR count). The molecule has 0 fully saturated rings. The molecular weight excluding hydrogens is 353 g/mol. The first-order chi connectivity index (χ1) is 9.10. The lowest BCUT2D eigenvalue weighted by molar-refractivity contribution is 0.0963. The van der Waals surface area contributed by atoms with Crippen LogP contribution in [0, 0.1) is 3.57 Å². The summed E-state index contributed by atoms with van der Waals surface area (Å²) in [7, 11) is 1.59. The van der Waals surface area contributed by atoms with E-state index in [1.165, 1.54) is 0 Å². The Morgan fingerprint density at radius 3 is 2.63 bits per heavy atom. The maximum absolute atomic E-state index is 11.5. The molecule has 19 heavy (non-hydrogen) atoms. The van der Waals surface area contributed by atoms with Gasteiger partial charge in [0, 0.05) is 21.9 Å². The number of carbonyl (C=O) groups is 1. The maximum Gasteiger partial charge on any atom is 0.251 e. The molecule has 0 saturated heterocycles. The van der Waals surface area contributed by atoms with Crippen molar-refractivity contribution in [1.29, 1.82) is 0 Å². The lowest BCUT2D eigenvalue weighted by Crippen LogP contribution is -2.17. The van der Waals surface area contributed by atoms with E-state index in [0.29, 0.717) is 11.3 Å². The molecule has 4 N–H and O–H groups in total. The minimum atomic E-state index is -0.146. The molecule has 4 nitrogen and oxygen atoms in total. The van der Waals surface area contributed by atoms with Crippen molar-refractivity contribution in [2.45, 2.75) is 0 Å². The van der Waals surface area contributed by atoms with Crippen LogP contribution in [0.4, 0.5) is 17.1 Å². The topological polar surface area (TPSA) is 67.2 Å². The van der Waals surface area contributed by atoms with E-state index in [-0.39, 0.29) is 5.91 Å². The van der Waals surface area contributed by atoms with Crippen molar-refractivity contribution >= 4 is 45.6 Å². The number of benzene rings is 2. The van der Waals surface area contributed by atoms with Crippen LogP contribution in [-0.2, 0) is 0 Å². The van der Waals surface area contributed by atoms with E-state index in [0.717, 1.165) is 14.9 Å². The summed E-state index contributed by atoms with van der Waals surface area (Å²) in [5, 5.41) is 5.80. The highest BCUT2D eigenvalue weighted by Gasteiger charge is 2.06. The molecule has 0 saturated carbocycles. The smallest absolute Gasteiger partial charge is 0.251 e. The molecule has 1 amide bonds. The van der Waals surface area contributed by atoms with E-state index in [4.69, 9.17) is 5.73 Å². The highest BCUT2D eigenvalue weighted by molar-refractivity contribution is 14.1. The van der Waals surface area contributed by atoms with E-state index in [9.17, 15) is 4.79 Å². The van der Waals surface area contributed by atoms with Crippen LogP contribution in [-0.4, -0.2) is 13.0 Å². The number of anilines is 3. The number of nitrogens with one attached hydrogen (secondary N) is 2. The number of hydrogen-bond acceptors (Lipinski definition) is 3. The van der Waals surface area contributed by atoms with Gasteiger partial charge in [-0.1, -0.05) is 6.07 Å². The largest absolute Gasteiger partial charge is 0.397 e. The molecule has 0 heterocycles. The zero-order valence-corrected chi connectivity index (χ0v) is 12.6. The summed E-state index contributed by atoms with van der Waals surface area (Å²) in [4.78, 5) is 11.5. The Labute approximate surface area is 125 Å². The summed E-state index contributed by atoms with van der Waals surface area (Å²) in [5.74, 6) is -0.146. The summed E-state index contributed by atoms with van der Waals surface area (Å²) < 4.78 is 1.14. The number of nitrogens with two attached hydrogens (primary N) is 1. The van der Waals surface area contributed by atoms with Gasteiger partial charge in [-0.3, -0.25) is 4.79 Å². The summed E-state index contributed by atoms with van der Waals surface area (Å²) in [6.07, 6.45) is 0. The number of carbonyl (C=O) groups excluding carboxylic acids is 1. The third-order valence-corrected chi connectivity index (χ3v) is 3.32. The summed E-state index contributed by atoms with van der Waals surface area (Å²) >= 11 is 2.25. The Bertz CT molecular complexity index is 613. The molecule has 0 aliphatic heterocycles. The van der Waals surface area contributed by atoms with Gasteiger partial charge in [-0.25, -0.2) is 0 Å². The standard InChI is InChI=1S/C14H14IN3O/c1-17-14(19)9-5-6-13(12(16)7-9)18-11-4-2-3-10(15)8-11/h2-8,18H,16H2,1H3,(H,17,19). The molecule has 0 aliphatic carbocycles. The first kappa shape index (κ1) is 13.7. The number of amides is 1. The van der Waals surface area contributed by atoms with Gasteiger partial charge in [-0.2, -0.15) is 0 Å². The zero-order chi connectivity index (χ0) is 13.8. The molecule has 0 unspecified atom stereocenters. The van der Waals surface area contributed by atoms with Crippen molar-refractivity contribution in [3.05, 3.63) is 51.6 Å². The average molecular weight is 367 g/mol. The molecule has 0 atom stereocenters. The predicted molar refractivity (Wildman–Crippen MR) is 86.7 cm³/mol. The number of nitrogen functional groups attached to an aromatic ring is 1. The van der Waals surface area contributed by atoms with E-state index in [1.807, 2.05) is 24.3 Å². The fourth-order valence-corrected chi connectivity index (χ4v) is 2.23.